The van der Waals surface area contributed by atoms with Crippen LogP contribution in [0.4, 0.5) is 5.69 Å². The molecule has 0 spiro atoms. The molecule has 0 radical (unpaired) electrons. The van der Waals surface area contributed by atoms with Crippen molar-refractivity contribution in [3.8, 4) is 5.75 Å². The summed E-state index contributed by atoms with van der Waals surface area (Å²) in [6, 6.07) is 4.10. The maximum absolute atomic E-state index is 11.7. The highest BCUT2D eigenvalue weighted by Crippen LogP contribution is 2.27. The number of anilines is 1. The number of aryl methyl sites for hydroxylation is 1. The van der Waals surface area contributed by atoms with Gasteiger partial charge in [-0.1, -0.05) is 6.07 Å². The second-order valence-electron chi connectivity index (χ2n) is 4.28. The molecule has 108 valence electrons. The molecule has 1 aromatic heterocycles. The number of rotatable bonds is 4. The SMILES string of the molecule is Cn1cc(/C=C/C(=O)Nc2cccc(C(=O)O)c2O)cn1. The van der Waals surface area contributed by atoms with Gasteiger partial charge in [0.05, 0.1) is 11.9 Å². The molecular formula is C14H13N3O4. The van der Waals surface area contributed by atoms with Gasteiger partial charge in [0, 0.05) is 24.9 Å². The van der Waals surface area contributed by atoms with E-state index in [0.29, 0.717) is 0 Å². The molecule has 1 heterocycles. The van der Waals surface area contributed by atoms with Gasteiger partial charge in [0.1, 0.15) is 5.56 Å². The maximum Gasteiger partial charge on any atom is 0.339 e. The van der Waals surface area contributed by atoms with Crippen LogP contribution in [0.15, 0.2) is 36.7 Å². The van der Waals surface area contributed by atoms with E-state index in [-0.39, 0.29) is 11.3 Å². The lowest BCUT2D eigenvalue weighted by Gasteiger charge is -2.07. The molecule has 0 aliphatic heterocycles. The number of hydrogen-bond donors (Lipinski definition) is 3. The molecule has 0 fully saturated rings. The molecule has 21 heavy (non-hydrogen) atoms. The lowest BCUT2D eigenvalue weighted by atomic mass is 10.1. The van der Waals surface area contributed by atoms with Crippen molar-refractivity contribution in [1.82, 2.24) is 9.78 Å². The molecule has 7 heteroatoms. The fraction of sp³-hybridized carbons (Fsp3) is 0.0714. The highest BCUT2D eigenvalue weighted by atomic mass is 16.4. The van der Waals surface area contributed by atoms with E-state index in [4.69, 9.17) is 5.11 Å². The van der Waals surface area contributed by atoms with Crippen molar-refractivity contribution in [3.63, 3.8) is 0 Å². The van der Waals surface area contributed by atoms with Crippen LogP contribution in [0, 0.1) is 0 Å². The summed E-state index contributed by atoms with van der Waals surface area (Å²) in [4.78, 5) is 22.6. The van der Waals surface area contributed by atoms with Crippen molar-refractivity contribution in [3.05, 3.63) is 47.8 Å². The van der Waals surface area contributed by atoms with Crippen LogP contribution in [-0.4, -0.2) is 31.9 Å². The van der Waals surface area contributed by atoms with Crippen LogP contribution in [0.5, 0.6) is 5.75 Å². The van der Waals surface area contributed by atoms with Crippen molar-refractivity contribution in [2.24, 2.45) is 7.05 Å². The van der Waals surface area contributed by atoms with Crippen LogP contribution in [0.3, 0.4) is 0 Å². The lowest BCUT2D eigenvalue weighted by Crippen LogP contribution is -2.09. The number of carboxylic acid groups (broad SMARTS) is 1. The van der Waals surface area contributed by atoms with Gasteiger partial charge < -0.3 is 15.5 Å². The van der Waals surface area contributed by atoms with Crippen LogP contribution in [-0.2, 0) is 11.8 Å². The van der Waals surface area contributed by atoms with Gasteiger partial charge in [-0.05, 0) is 18.2 Å². The number of carbonyl (C=O) groups is 2. The molecule has 0 bridgehead atoms. The molecule has 0 aliphatic rings. The molecule has 0 saturated carbocycles. The largest absolute Gasteiger partial charge is 0.505 e. The Kier molecular flexibility index (Phi) is 4.03. The Morgan fingerprint density at radius 1 is 1.38 bits per heavy atom. The molecule has 0 saturated heterocycles. The van der Waals surface area contributed by atoms with Gasteiger partial charge >= 0.3 is 5.97 Å². The van der Waals surface area contributed by atoms with E-state index in [9.17, 15) is 14.7 Å². The van der Waals surface area contributed by atoms with Crippen molar-refractivity contribution < 1.29 is 19.8 Å². The third kappa shape index (κ3) is 3.47. The van der Waals surface area contributed by atoms with E-state index >= 15 is 0 Å². The molecule has 0 atom stereocenters. The molecule has 1 aromatic carbocycles. The fourth-order valence-corrected chi connectivity index (χ4v) is 1.69. The number of hydrogen-bond acceptors (Lipinski definition) is 4. The minimum absolute atomic E-state index is 0.0377. The molecule has 0 aliphatic carbocycles. The summed E-state index contributed by atoms with van der Waals surface area (Å²) in [7, 11) is 1.76. The zero-order valence-electron chi connectivity index (χ0n) is 11.1. The summed E-state index contributed by atoms with van der Waals surface area (Å²) in [5, 5.41) is 25.0. The molecule has 2 aromatic rings. The maximum atomic E-state index is 11.7. The standard InChI is InChI=1S/C14H13N3O4/c1-17-8-9(7-15-17)5-6-12(18)16-11-4-2-3-10(13(11)19)14(20)21/h2-8,19H,1H3,(H,16,18)(H,20,21)/b6-5+. The molecule has 7 nitrogen and oxygen atoms in total. The van der Waals surface area contributed by atoms with E-state index in [0.717, 1.165) is 5.56 Å². The predicted molar refractivity (Wildman–Crippen MR) is 75.9 cm³/mol. The van der Waals surface area contributed by atoms with Crippen molar-refractivity contribution in [1.29, 1.82) is 0 Å². The topological polar surface area (TPSA) is 104 Å². The predicted octanol–water partition coefficient (Wildman–Crippen LogP) is 1.48. The minimum atomic E-state index is -1.27. The number of nitrogens with one attached hydrogen (secondary N) is 1. The molecule has 2 rings (SSSR count). The first-order valence-electron chi connectivity index (χ1n) is 6.00. The second kappa shape index (κ2) is 5.91. The Labute approximate surface area is 120 Å². The zero-order valence-corrected chi connectivity index (χ0v) is 11.1. The van der Waals surface area contributed by atoms with E-state index < -0.39 is 17.6 Å². The number of benzene rings is 1. The Hall–Kier alpha value is -3.09. The van der Waals surface area contributed by atoms with Crippen LogP contribution in [0.1, 0.15) is 15.9 Å². The smallest absolute Gasteiger partial charge is 0.339 e. The average molecular weight is 287 g/mol. The first-order valence-corrected chi connectivity index (χ1v) is 6.00. The summed E-state index contributed by atoms with van der Waals surface area (Å²) >= 11 is 0. The second-order valence-corrected chi connectivity index (χ2v) is 4.28. The Balaban J connectivity index is 2.11. The van der Waals surface area contributed by atoms with Gasteiger partial charge in [0.25, 0.3) is 0 Å². The van der Waals surface area contributed by atoms with Crippen LogP contribution >= 0.6 is 0 Å². The number of para-hydroxylation sites is 1. The summed E-state index contributed by atoms with van der Waals surface area (Å²) in [5.41, 5.74) is 0.510. The number of nitrogens with zero attached hydrogens (tertiary/aromatic N) is 2. The lowest BCUT2D eigenvalue weighted by molar-refractivity contribution is -0.111. The number of carbonyl (C=O) groups excluding carboxylic acids is 1. The van der Waals surface area contributed by atoms with Gasteiger partial charge in [0.15, 0.2) is 5.75 Å². The number of amides is 1. The van der Waals surface area contributed by atoms with Crippen LogP contribution in [0.2, 0.25) is 0 Å². The van der Waals surface area contributed by atoms with Crippen LogP contribution < -0.4 is 5.32 Å². The van der Waals surface area contributed by atoms with E-state index in [2.05, 4.69) is 10.4 Å². The average Bonchev–Trinajstić information content (AvgIpc) is 2.84. The molecular weight excluding hydrogens is 274 g/mol. The minimum Gasteiger partial charge on any atom is -0.505 e. The highest BCUT2D eigenvalue weighted by molar-refractivity contribution is 6.04. The van der Waals surface area contributed by atoms with Gasteiger partial charge in [-0.15, -0.1) is 0 Å². The fourth-order valence-electron chi connectivity index (χ4n) is 1.69. The van der Waals surface area contributed by atoms with Gasteiger partial charge in [-0.2, -0.15) is 5.10 Å². The van der Waals surface area contributed by atoms with E-state index in [1.54, 1.807) is 30.2 Å². The van der Waals surface area contributed by atoms with Crippen molar-refractivity contribution >= 4 is 23.6 Å². The first-order chi connectivity index (χ1) is 9.97. The van der Waals surface area contributed by atoms with Crippen LogP contribution in [0.25, 0.3) is 6.08 Å². The zero-order chi connectivity index (χ0) is 15.4. The number of aromatic carboxylic acids is 1. The number of carboxylic acids is 1. The molecule has 3 N–H and O–H groups in total. The first kappa shape index (κ1) is 14.3. The Morgan fingerprint density at radius 3 is 2.76 bits per heavy atom. The number of aromatic hydroxyl groups is 1. The van der Waals surface area contributed by atoms with Crippen molar-refractivity contribution in [2.75, 3.05) is 5.32 Å². The third-order valence-electron chi connectivity index (χ3n) is 2.68. The summed E-state index contributed by atoms with van der Waals surface area (Å²) in [6.45, 7) is 0. The van der Waals surface area contributed by atoms with Gasteiger partial charge in [-0.25, -0.2) is 4.79 Å². The van der Waals surface area contributed by atoms with Crippen molar-refractivity contribution in [2.45, 2.75) is 0 Å². The normalized spacial score (nSPS) is 10.7. The van der Waals surface area contributed by atoms with E-state index in [1.165, 1.54) is 24.3 Å². The monoisotopic (exact) mass is 287 g/mol. The summed E-state index contributed by atoms with van der Waals surface area (Å²) < 4.78 is 1.60. The number of phenols is 1. The summed E-state index contributed by atoms with van der Waals surface area (Å²) in [6.07, 6.45) is 6.14. The Bertz CT molecular complexity index is 719. The van der Waals surface area contributed by atoms with Gasteiger partial charge in [-0.3, -0.25) is 9.48 Å². The van der Waals surface area contributed by atoms with E-state index in [1.807, 2.05) is 0 Å². The highest BCUT2D eigenvalue weighted by Gasteiger charge is 2.13. The quantitative estimate of drug-likeness (QED) is 0.583. The molecule has 0 unspecified atom stereocenters. The number of aromatic nitrogens is 2. The summed E-state index contributed by atoms with van der Waals surface area (Å²) in [5.74, 6) is -2.24. The van der Waals surface area contributed by atoms with Gasteiger partial charge in [0.2, 0.25) is 5.91 Å². The third-order valence-corrected chi connectivity index (χ3v) is 2.68. The Morgan fingerprint density at radius 2 is 2.14 bits per heavy atom. The molecule has 1 amide bonds.